The van der Waals surface area contributed by atoms with Crippen molar-refractivity contribution in [1.29, 1.82) is 0 Å². The van der Waals surface area contributed by atoms with Gasteiger partial charge in [0.05, 0.1) is 10.7 Å². The largest absolute Gasteiger partial charge is 0.386 e. The van der Waals surface area contributed by atoms with E-state index in [1.165, 1.54) is 16.7 Å². The third-order valence-corrected chi connectivity index (χ3v) is 4.99. The fourth-order valence-electron chi connectivity index (χ4n) is 1.92. The summed E-state index contributed by atoms with van der Waals surface area (Å²) in [6.07, 6.45) is 4.58. The highest BCUT2D eigenvalue weighted by molar-refractivity contribution is 7.89. The second-order valence-electron chi connectivity index (χ2n) is 3.86. The molecular weight excluding hydrogens is 262 g/mol. The van der Waals surface area contributed by atoms with Gasteiger partial charge in [0.2, 0.25) is 10.0 Å². The molecule has 7 heteroatoms. The smallest absolute Gasteiger partial charge is 0.246 e. The van der Waals surface area contributed by atoms with Crippen LogP contribution in [-0.4, -0.2) is 37.8 Å². The Kier molecular flexibility index (Phi) is 3.56. The van der Waals surface area contributed by atoms with Crippen LogP contribution in [-0.2, 0) is 10.0 Å². The summed E-state index contributed by atoms with van der Waals surface area (Å²) in [4.78, 5) is 4.00. The number of nitrogens with zero attached hydrogens (tertiary/aromatic N) is 2. The predicted octanol–water partition coefficient (Wildman–Crippen LogP) is 1.56. The van der Waals surface area contributed by atoms with Gasteiger partial charge in [0.1, 0.15) is 4.90 Å². The Bertz CT molecular complexity index is 512. The molecule has 2 heterocycles. The zero-order valence-electron chi connectivity index (χ0n) is 9.48. The molecule has 0 aliphatic carbocycles. The number of halogens is 1. The Hall–Kier alpha value is -0.850. The van der Waals surface area contributed by atoms with E-state index in [0.29, 0.717) is 23.8 Å². The number of anilines is 1. The molecule has 0 spiro atoms. The number of sulfonamides is 1. The van der Waals surface area contributed by atoms with Crippen LogP contribution in [0.3, 0.4) is 0 Å². The minimum Gasteiger partial charge on any atom is -0.386 e. The van der Waals surface area contributed by atoms with E-state index in [1.54, 1.807) is 7.05 Å². The Labute approximate surface area is 106 Å². The van der Waals surface area contributed by atoms with Crippen molar-refractivity contribution >= 4 is 27.3 Å². The molecule has 1 aromatic heterocycles. The zero-order chi connectivity index (χ0) is 12.5. The van der Waals surface area contributed by atoms with Crippen molar-refractivity contribution in [3.8, 4) is 0 Å². The lowest BCUT2D eigenvalue weighted by molar-refractivity contribution is 0.477. The Morgan fingerprint density at radius 2 is 2.00 bits per heavy atom. The minimum absolute atomic E-state index is 0.148. The van der Waals surface area contributed by atoms with Gasteiger partial charge in [-0.15, -0.1) is 0 Å². The van der Waals surface area contributed by atoms with E-state index < -0.39 is 10.0 Å². The van der Waals surface area contributed by atoms with Crippen molar-refractivity contribution in [3.63, 3.8) is 0 Å². The van der Waals surface area contributed by atoms with Gasteiger partial charge in [-0.2, -0.15) is 4.31 Å². The van der Waals surface area contributed by atoms with Crippen LogP contribution in [0.1, 0.15) is 12.8 Å². The fraction of sp³-hybridized carbons (Fsp3) is 0.500. The Morgan fingerprint density at radius 3 is 2.59 bits per heavy atom. The summed E-state index contributed by atoms with van der Waals surface area (Å²) in [5.74, 6) is 0. The molecule has 0 radical (unpaired) electrons. The molecule has 1 aliphatic rings. The van der Waals surface area contributed by atoms with E-state index >= 15 is 0 Å². The van der Waals surface area contributed by atoms with Gasteiger partial charge in [0.25, 0.3) is 0 Å². The monoisotopic (exact) mass is 275 g/mol. The molecular formula is C10H14ClN3O2S. The summed E-state index contributed by atoms with van der Waals surface area (Å²) < 4.78 is 26.2. The van der Waals surface area contributed by atoms with E-state index in [-0.39, 0.29) is 4.90 Å². The van der Waals surface area contributed by atoms with Crippen molar-refractivity contribution in [1.82, 2.24) is 9.29 Å². The molecule has 17 heavy (non-hydrogen) atoms. The quantitative estimate of drug-likeness (QED) is 0.909. The van der Waals surface area contributed by atoms with Crippen LogP contribution in [0.2, 0.25) is 5.02 Å². The highest BCUT2D eigenvalue weighted by Crippen LogP contribution is 2.31. The van der Waals surface area contributed by atoms with Crippen LogP contribution in [0, 0.1) is 0 Å². The maximum absolute atomic E-state index is 12.4. The molecule has 0 atom stereocenters. The second-order valence-corrected chi connectivity index (χ2v) is 6.17. The molecule has 2 rings (SSSR count). The molecule has 1 aromatic rings. The molecule has 0 saturated carbocycles. The number of hydrogen-bond acceptors (Lipinski definition) is 4. The molecule has 1 aliphatic heterocycles. The SMILES string of the molecule is CNc1c(Cl)cncc1S(=O)(=O)N1CCCC1. The van der Waals surface area contributed by atoms with E-state index in [2.05, 4.69) is 10.3 Å². The third-order valence-electron chi connectivity index (χ3n) is 2.80. The second kappa shape index (κ2) is 4.80. The predicted molar refractivity (Wildman–Crippen MR) is 66.8 cm³/mol. The molecule has 0 bridgehead atoms. The summed E-state index contributed by atoms with van der Waals surface area (Å²) in [5.41, 5.74) is 0.411. The van der Waals surface area contributed by atoms with Gasteiger partial charge in [-0.05, 0) is 12.8 Å². The summed E-state index contributed by atoms with van der Waals surface area (Å²) in [7, 11) is -1.84. The maximum Gasteiger partial charge on any atom is 0.246 e. The standard InChI is InChI=1S/C10H14ClN3O2S/c1-12-10-8(11)6-13-7-9(10)17(15,16)14-4-2-3-5-14/h6-7H,2-5H2,1H3,(H,12,13). The van der Waals surface area contributed by atoms with Crippen molar-refractivity contribution in [2.45, 2.75) is 17.7 Å². The van der Waals surface area contributed by atoms with Crippen LogP contribution in [0.25, 0.3) is 0 Å². The highest BCUT2D eigenvalue weighted by Gasteiger charge is 2.30. The lowest BCUT2D eigenvalue weighted by atomic mass is 10.4. The van der Waals surface area contributed by atoms with Crippen molar-refractivity contribution in [2.75, 3.05) is 25.5 Å². The van der Waals surface area contributed by atoms with Gasteiger partial charge in [-0.3, -0.25) is 4.98 Å². The highest BCUT2D eigenvalue weighted by atomic mass is 35.5. The summed E-state index contributed by atoms with van der Waals surface area (Å²) in [5, 5.41) is 3.13. The van der Waals surface area contributed by atoms with Crippen LogP contribution in [0.15, 0.2) is 17.3 Å². The third kappa shape index (κ3) is 2.25. The van der Waals surface area contributed by atoms with Crippen molar-refractivity contribution < 1.29 is 8.42 Å². The van der Waals surface area contributed by atoms with E-state index in [4.69, 9.17) is 11.6 Å². The first-order valence-electron chi connectivity index (χ1n) is 5.39. The maximum atomic E-state index is 12.4. The molecule has 1 N–H and O–H groups in total. The fourth-order valence-corrected chi connectivity index (χ4v) is 3.91. The summed E-state index contributed by atoms with van der Waals surface area (Å²) >= 11 is 5.93. The van der Waals surface area contributed by atoms with Gasteiger partial charge < -0.3 is 5.32 Å². The average molecular weight is 276 g/mol. The molecule has 94 valence electrons. The zero-order valence-corrected chi connectivity index (χ0v) is 11.1. The lowest BCUT2D eigenvalue weighted by Crippen LogP contribution is -2.28. The Balaban J connectivity index is 2.49. The van der Waals surface area contributed by atoms with Crippen LogP contribution in [0.5, 0.6) is 0 Å². The van der Waals surface area contributed by atoms with Crippen LogP contribution < -0.4 is 5.32 Å². The molecule has 1 fully saturated rings. The number of pyridine rings is 1. The van der Waals surface area contributed by atoms with Gasteiger partial charge in [0.15, 0.2) is 0 Å². The van der Waals surface area contributed by atoms with E-state index in [9.17, 15) is 8.42 Å². The van der Waals surface area contributed by atoms with Crippen LogP contribution in [0.4, 0.5) is 5.69 Å². The Morgan fingerprint density at radius 1 is 1.35 bits per heavy atom. The van der Waals surface area contributed by atoms with Gasteiger partial charge in [-0.25, -0.2) is 8.42 Å². The first-order chi connectivity index (χ1) is 8.07. The summed E-state index contributed by atoms with van der Waals surface area (Å²) in [6.45, 7) is 1.13. The molecule has 0 amide bonds. The first-order valence-corrected chi connectivity index (χ1v) is 7.20. The minimum atomic E-state index is -3.48. The van der Waals surface area contributed by atoms with Crippen molar-refractivity contribution in [2.24, 2.45) is 0 Å². The number of aromatic nitrogens is 1. The van der Waals surface area contributed by atoms with E-state index in [1.807, 2.05) is 0 Å². The van der Waals surface area contributed by atoms with Gasteiger partial charge in [0, 0.05) is 32.5 Å². The topological polar surface area (TPSA) is 62.3 Å². The van der Waals surface area contributed by atoms with E-state index in [0.717, 1.165) is 12.8 Å². The molecule has 0 unspecified atom stereocenters. The molecule has 1 saturated heterocycles. The number of hydrogen-bond donors (Lipinski definition) is 1. The number of nitrogens with one attached hydrogen (secondary N) is 1. The van der Waals surface area contributed by atoms with Crippen LogP contribution >= 0.6 is 11.6 Å². The lowest BCUT2D eigenvalue weighted by Gasteiger charge is -2.18. The molecule has 0 aromatic carbocycles. The number of rotatable bonds is 3. The van der Waals surface area contributed by atoms with Gasteiger partial charge in [-0.1, -0.05) is 11.6 Å². The van der Waals surface area contributed by atoms with Crippen molar-refractivity contribution in [3.05, 3.63) is 17.4 Å². The normalized spacial score (nSPS) is 17.3. The first kappa shape index (κ1) is 12.6. The van der Waals surface area contributed by atoms with Gasteiger partial charge >= 0.3 is 0 Å². The average Bonchev–Trinajstić information content (AvgIpc) is 2.82. The summed E-state index contributed by atoms with van der Waals surface area (Å²) in [6, 6.07) is 0. The molecule has 5 nitrogen and oxygen atoms in total.